The highest BCUT2D eigenvalue weighted by molar-refractivity contribution is 6.10. The van der Waals surface area contributed by atoms with Gasteiger partial charge in [-0.2, -0.15) is 0 Å². The van der Waals surface area contributed by atoms with Crippen molar-refractivity contribution in [2.24, 2.45) is 0 Å². The Morgan fingerprint density at radius 2 is 0.987 bits per heavy atom. The zero-order chi connectivity index (χ0) is 53.1. The van der Waals surface area contributed by atoms with Crippen LogP contribution >= 0.6 is 0 Å². The third-order valence-electron chi connectivity index (χ3n) is 15.1. The first-order chi connectivity index (χ1) is 38.0. The van der Waals surface area contributed by atoms with Gasteiger partial charge in [-0.15, -0.1) is 0 Å². The number of hydrogen-bond donors (Lipinski definition) is 0. The number of nitrogens with zero attached hydrogens (tertiary/aromatic N) is 4. The van der Waals surface area contributed by atoms with E-state index in [4.69, 9.17) is 14.1 Å². The van der Waals surface area contributed by atoms with Crippen molar-refractivity contribution in [3.63, 3.8) is 0 Å². The van der Waals surface area contributed by atoms with Gasteiger partial charge in [0.05, 0.1) is 23.0 Å². The minimum absolute atomic E-state index is 0.0165. The van der Waals surface area contributed by atoms with Gasteiger partial charge in [0.25, 0.3) is 6.33 Å². The maximum Gasteiger partial charge on any atom is 0.272 e. The van der Waals surface area contributed by atoms with Crippen molar-refractivity contribution in [1.82, 2.24) is 14.0 Å². The molecular weight excluding hydrogens is 953 g/mol. The quantitative estimate of drug-likeness (QED) is 0.101. The number of para-hydroxylation sites is 1. The lowest BCUT2D eigenvalue weighted by Gasteiger charge is -2.21. The molecule has 0 aliphatic carbocycles. The van der Waals surface area contributed by atoms with E-state index < -0.39 is 0 Å². The first-order valence-electron chi connectivity index (χ1n) is 26.8. The molecule has 13 rings (SSSR count). The lowest BCUT2D eigenvalue weighted by molar-refractivity contribution is -0.586. The summed E-state index contributed by atoms with van der Waals surface area (Å²) in [5.74, 6) is 2.28. The van der Waals surface area contributed by atoms with E-state index in [9.17, 15) is 0 Å². The Morgan fingerprint density at radius 3 is 1.58 bits per heavy atom. The highest BCUT2D eigenvalue weighted by Gasteiger charge is 2.29. The predicted octanol–water partition coefficient (Wildman–Crippen LogP) is 18.5. The van der Waals surface area contributed by atoms with Crippen LogP contribution in [0.3, 0.4) is 0 Å². The van der Waals surface area contributed by atoms with Gasteiger partial charge in [0.15, 0.2) is 0 Å². The van der Waals surface area contributed by atoms with E-state index >= 15 is 0 Å². The second kappa shape index (κ2) is 19.2. The number of ether oxygens (including phenoxy) is 1. The van der Waals surface area contributed by atoms with Crippen LogP contribution < -0.4 is 9.30 Å². The minimum atomic E-state index is -0.0502. The van der Waals surface area contributed by atoms with Gasteiger partial charge in [0, 0.05) is 28.6 Å². The smallest absolute Gasteiger partial charge is 0.272 e. The molecule has 0 unspecified atom stereocenters. The topological polar surface area (TPSA) is 48.5 Å². The van der Waals surface area contributed by atoms with E-state index in [0.717, 1.165) is 94.9 Å². The van der Waals surface area contributed by atoms with Crippen LogP contribution in [0.5, 0.6) is 11.5 Å². The summed E-state index contributed by atoms with van der Waals surface area (Å²) < 4.78 is 20.5. The maximum absolute atomic E-state index is 6.97. The highest BCUT2D eigenvalue weighted by atomic mass is 16.5. The summed E-state index contributed by atoms with van der Waals surface area (Å²) in [6.07, 6.45) is 7.72. The largest absolute Gasteiger partial charge is 0.472 e. The van der Waals surface area contributed by atoms with Crippen molar-refractivity contribution in [2.45, 2.75) is 52.4 Å². The van der Waals surface area contributed by atoms with Crippen molar-refractivity contribution in [1.29, 1.82) is 0 Å². The molecule has 0 amide bonds. The van der Waals surface area contributed by atoms with Crippen molar-refractivity contribution < 1.29 is 13.7 Å². The molecule has 0 saturated carbocycles. The maximum atomic E-state index is 6.97. The molecule has 4 heterocycles. The fraction of sp³-hybridized carbons (Fsp3) is 0.111. The molecule has 4 aromatic heterocycles. The SMILES string of the molecule is CC(C)(C)c1ccnc(-n2c3ccc(C(C)(C)C)cc3c3ccc(Oc4cccc(-c5coc6c(-c7c(-c8ccccc8)cccc7-c7ccccc7)[n+](-c7c(-c8ccccc8)cccc7-c7ccccc7)[c-]n56)c4)cc32)c1. The lowest BCUT2D eigenvalue weighted by atomic mass is 9.86. The zero-order valence-corrected chi connectivity index (χ0v) is 44.7. The van der Waals surface area contributed by atoms with Crippen LogP contribution in [0.2, 0.25) is 0 Å². The molecule has 0 fully saturated rings. The molecule has 0 radical (unpaired) electrons. The van der Waals surface area contributed by atoms with E-state index in [1.807, 2.05) is 24.6 Å². The standard InChI is InChI=1S/C72H58N4O2/c1-71(2,3)53-36-39-63-62(43-53)61-38-37-56(45-64(61)76(63)66-44-54(40-41-73-66)72(4,5)6)78-55-31-19-30-52(42-55)65-46-77-70-69(67-57(48-22-11-7-12-23-48)32-20-33-58(67)49-24-13-8-14-25-49)75(47-74(65)70)68-59(50-26-15-9-16-27-50)34-21-35-60(68)51-28-17-10-18-29-51/h7-46H,1-6H3. The average molecular weight is 1010 g/mol. The van der Waals surface area contributed by atoms with Crippen LogP contribution in [-0.4, -0.2) is 14.0 Å². The molecule has 378 valence electrons. The van der Waals surface area contributed by atoms with E-state index in [-0.39, 0.29) is 10.8 Å². The van der Waals surface area contributed by atoms with Gasteiger partial charge in [-0.3, -0.25) is 13.5 Å². The second-order valence-corrected chi connectivity index (χ2v) is 22.2. The number of imidazole rings is 1. The van der Waals surface area contributed by atoms with Crippen LogP contribution in [0, 0.1) is 6.33 Å². The van der Waals surface area contributed by atoms with Gasteiger partial charge in [-0.1, -0.05) is 217 Å². The van der Waals surface area contributed by atoms with Gasteiger partial charge in [0.2, 0.25) is 5.71 Å². The first kappa shape index (κ1) is 48.1. The molecule has 0 atom stereocenters. The molecule has 0 aliphatic rings. The van der Waals surface area contributed by atoms with Crippen molar-refractivity contribution in [2.75, 3.05) is 0 Å². The monoisotopic (exact) mass is 1010 g/mol. The first-order valence-corrected chi connectivity index (χ1v) is 26.8. The molecule has 0 saturated heterocycles. The van der Waals surface area contributed by atoms with Crippen LogP contribution in [0.4, 0.5) is 0 Å². The van der Waals surface area contributed by atoms with Gasteiger partial charge in [0.1, 0.15) is 28.7 Å². The van der Waals surface area contributed by atoms with Crippen LogP contribution in [0.25, 0.3) is 106 Å². The van der Waals surface area contributed by atoms with Gasteiger partial charge >= 0.3 is 0 Å². The molecule has 9 aromatic carbocycles. The number of fused-ring (bicyclic) bond motifs is 4. The van der Waals surface area contributed by atoms with Crippen molar-refractivity contribution >= 4 is 27.5 Å². The van der Waals surface area contributed by atoms with Gasteiger partial charge < -0.3 is 9.15 Å². The number of rotatable bonds is 10. The Kier molecular flexibility index (Phi) is 11.9. The summed E-state index contributed by atoms with van der Waals surface area (Å²) in [5.41, 5.74) is 18.4. The lowest BCUT2D eigenvalue weighted by Crippen LogP contribution is -2.33. The van der Waals surface area contributed by atoms with Crippen molar-refractivity contribution in [3.05, 3.63) is 260 Å². The molecular formula is C72H58N4O2. The average Bonchev–Trinajstić information content (AvgIpc) is 4.36. The van der Waals surface area contributed by atoms with Crippen LogP contribution in [0.1, 0.15) is 52.7 Å². The van der Waals surface area contributed by atoms with Crippen molar-refractivity contribution in [3.8, 4) is 90.0 Å². The van der Waals surface area contributed by atoms with E-state index in [1.165, 1.54) is 16.5 Å². The minimum Gasteiger partial charge on any atom is -0.472 e. The molecule has 6 nitrogen and oxygen atoms in total. The number of benzene rings is 9. The summed E-state index contributed by atoms with van der Waals surface area (Å²) in [7, 11) is 0. The van der Waals surface area contributed by atoms with Crippen LogP contribution in [0.15, 0.2) is 247 Å². The molecule has 0 bridgehead atoms. The summed E-state index contributed by atoms with van der Waals surface area (Å²) in [4.78, 5) is 4.98. The Hall–Kier alpha value is -9.52. The van der Waals surface area contributed by atoms with E-state index in [2.05, 4.69) is 280 Å². The molecule has 78 heavy (non-hydrogen) atoms. The number of aromatic nitrogens is 4. The Bertz CT molecular complexity index is 4230. The third kappa shape index (κ3) is 8.65. The Morgan fingerprint density at radius 1 is 0.462 bits per heavy atom. The summed E-state index contributed by atoms with van der Waals surface area (Å²) in [6.45, 7) is 13.5. The van der Waals surface area contributed by atoms with Crippen LogP contribution in [-0.2, 0) is 10.8 Å². The number of pyridine rings is 1. The summed E-state index contributed by atoms with van der Waals surface area (Å²) >= 11 is 0. The molecule has 0 spiro atoms. The second-order valence-electron chi connectivity index (χ2n) is 22.2. The Balaban J connectivity index is 1.01. The summed E-state index contributed by atoms with van der Waals surface area (Å²) in [5, 5.41) is 2.32. The van der Waals surface area contributed by atoms with Gasteiger partial charge in [-0.05, 0) is 121 Å². The predicted molar refractivity (Wildman–Crippen MR) is 319 cm³/mol. The number of oxazole rings is 1. The fourth-order valence-corrected chi connectivity index (χ4v) is 11.1. The van der Waals surface area contributed by atoms with E-state index in [0.29, 0.717) is 17.2 Å². The summed E-state index contributed by atoms with van der Waals surface area (Å²) in [6, 6.07) is 81.6. The fourth-order valence-electron chi connectivity index (χ4n) is 11.1. The Labute approximate surface area is 455 Å². The molecule has 0 N–H and O–H groups in total. The van der Waals surface area contributed by atoms with Gasteiger partial charge in [-0.25, -0.2) is 4.98 Å². The molecule has 6 heteroatoms. The number of hydrogen-bond acceptors (Lipinski definition) is 3. The molecule has 0 aliphatic heterocycles. The normalized spacial score (nSPS) is 12.0. The zero-order valence-electron chi connectivity index (χ0n) is 44.7. The molecule has 13 aromatic rings. The highest BCUT2D eigenvalue weighted by Crippen LogP contribution is 2.45. The third-order valence-corrected chi connectivity index (χ3v) is 15.1. The van der Waals surface area contributed by atoms with E-state index in [1.54, 1.807) is 0 Å².